The van der Waals surface area contributed by atoms with Crippen LogP contribution in [0.25, 0.3) is 11.5 Å². The van der Waals surface area contributed by atoms with Gasteiger partial charge in [-0.25, -0.2) is 0 Å². The van der Waals surface area contributed by atoms with Crippen molar-refractivity contribution < 1.29 is 14.1 Å². The molecule has 7 nitrogen and oxygen atoms in total. The number of fused-ring (bicyclic) bond motifs is 1. The highest BCUT2D eigenvalue weighted by Gasteiger charge is 2.26. The molecule has 1 aromatic carbocycles. The van der Waals surface area contributed by atoms with Crippen LogP contribution in [0.1, 0.15) is 11.5 Å². The van der Waals surface area contributed by atoms with Gasteiger partial charge in [0.2, 0.25) is 17.6 Å². The molecule has 1 N–H and O–H groups in total. The van der Waals surface area contributed by atoms with Gasteiger partial charge in [-0.1, -0.05) is 29.4 Å². The Morgan fingerprint density at radius 1 is 1.20 bits per heavy atom. The van der Waals surface area contributed by atoms with Crippen LogP contribution in [0.4, 0.5) is 0 Å². The van der Waals surface area contributed by atoms with Gasteiger partial charge >= 0.3 is 0 Å². The van der Waals surface area contributed by atoms with E-state index in [1.807, 2.05) is 36.4 Å². The fourth-order valence-corrected chi connectivity index (χ4v) is 2.73. The number of pyridine rings is 1. The number of nitrogens with one attached hydrogen (secondary N) is 1. The highest BCUT2D eigenvalue weighted by Crippen LogP contribution is 2.26. The molecule has 1 aliphatic rings. The van der Waals surface area contributed by atoms with Gasteiger partial charge in [-0.15, -0.1) is 0 Å². The fourth-order valence-electron chi connectivity index (χ4n) is 2.73. The molecule has 0 saturated carbocycles. The van der Waals surface area contributed by atoms with E-state index in [9.17, 15) is 4.79 Å². The lowest BCUT2D eigenvalue weighted by Gasteiger charge is -2.24. The molecular weight excluding hydrogens is 320 g/mol. The van der Waals surface area contributed by atoms with Crippen molar-refractivity contribution in [3.8, 4) is 17.3 Å². The Hall–Kier alpha value is -3.22. The SMILES string of the molecule is O=C(NCc1nc(-c2ccccn2)no1)C1COc2ccccc2C1. The second-order valence-electron chi connectivity index (χ2n) is 5.76. The third-order valence-corrected chi connectivity index (χ3v) is 4.03. The van der Waals surface area contributed by atoms with E-state index in [1.54, 1.807) is 12.3 Å². The molecule has 3 heterocycles. The third-order valence-electron chi connectivity index (χ3n) is 4.03. The number of ether oxygens (including phenoxy) is 1. The van der Waals surface area contributed by atoms with E-state index in [0.717, 1.165) is 11.3 Å². The van der Waals surface area contributed by atoms with Crippen molar-refractivity contribution in [3.05, 3.63) is 60.1 Å². The zero-order valence-electron chi connectivity index (χ0n) is 13.4. The van der Waals surface area contributed by atoms with Gasteiger partial charge in [0.15, 0.2) is 0 Å². The summed E-state index contributed by atoms with van der Waals surface area (Å²) in [6.07, 6.45) is 2.32. The van der Waals surface area contributed by atoms with Crippen LogP contribution >= 0.6 is 0 Å². The Morgan fingerprint density at radius 2 is 2.08 bits per heavy atom. The monoisotopic (exact) mass is 336 g/mol. The minimum absolute atomic E-state index is 0.0907. The topological polar surface area (TPSA) is 90.1 Å². The molecule has 0 bridgehead atoms. The first kappa shape index (κ1) is 15.3. The van der Waals surface area contributed by atoms with Gasteiger partial charge in [0.1, 0.15) is 18.1 Å². The van der Waals surface area contributed by atoms with Crippen LogP contribution in [-0.4, -0.2) is 27.6 Å². The number of hydrogen-bond acceptors (Lipinski definition) is 6. The van der Waals surface area contributed by atoms with Crippen molar-refractivity contribution in [2.45, 2.75) is 13.0 Å². The van der Waals surface area contributed by atoms with Crippen LogP contribution in [0.2, 0.25) is 0 Å². The number of aromatic nitrogens is 3. The Morgan fingerprint density at radius 3 is 2.96 bits per heavy atom. The van der Waals surface area contributed by atoms with Gasteiger partial charge in [-0.2, -0.15) is 4.98 Å². The summed E-state index contributed by atoms with van der Waals surface area (Å²) >= 11 is 0. The molecule has 0 saturated heterocycles. The van der Waals surface area contributed by atoms with Crippen LogP contribution in [0.5, 0.6) is 5.75 Å². The molecule has 126 valence electrons. The van der Waals surface area contributed by atoms with Crippen LogP contribution < -0.4 is 10.1 Å². The number of para-hydroxylation sites is 1. The van der Waals surface area contributed by atoms with Gasteiger partial charge in [0.05, 0.1) is 12.5 Å². The van der Waals surface area contributed by atoms with Crippen molar-refractivity contribution in [3.63, 3.8) is 0 Å². The molecule has 0 radical (unpaired) electrons. The summed E-state index contributed by atoms with van der Waals surface area (Å²) in [5, 5.41) is 6.71. The molecule has 25 heavy (non-hydrogen) atoms. The minimum Gasteiger partial charge on any atom is -0.492 e. The van der Waals surface area contributed by atoms with E-state index in [1.165, 1.54) is 0 Å². The zero-order valence-corrected chi connectivity index (χ0v) is 13.4. The molecule has 0 aliphatic carbocycles. The van der Waals surface area contributed by atoms with Gasteiger partial charge in [-0.3, -0.25) is 9.78 Å². The van der Waals surface area contributed by atoms with Crippen LogP contribution in [0.3, 0.4) is 0 Å². The Kier molecular flexibility index (Phi) is 4.12. The third kappa shape index (κ3) is 3.35. The van der Waals surface area contributed by atoms with Gasteiger partial charge in [0.25, 0.3) is 0 Å². The number of amides is 1. The van der Waals surface area contributed by atoms with Crippen molar-refractivity contribution in [2.75, 3.05) is 6.61 Å². The van der Waals surface area contributed by atoms with Crippen LogP contribution in [0.15, 0.2) is 53.2 Å². The Balaban J connectivity index is 1.36. The molecule has 0 fully saturated rings. The van der Waals surface area contributed by atoms with Crippen LogP contribution in [-0.2, 0) is 17.8 Å². The number of rotatable bonds is 4. The molecule has 7 heteroatoms. The first-order valence-corrected chi connectivity index (χ1v) is 8.02. The molecular formula is C18H16N4O3. The second kappa shape index (κ2) is 6.72. The van der Waals surface area contributed by atoms with Crippen molar-refractivity contribution in [1.82, 2.24) is 20.4 Å². The summed E-state index contributed by atoms with van der Waals surface area (Å²) in [6.45, 7) is 0.544. The summed E-state index contributed by atoms with van der Waals surface area (Å²) in [6, 6.07) is 13.2. The maximum atomic E-state index is 12.4. The predicted molar refractivity (Wildman–Crippen MR) is 88.5 cm³/mol. The quantitative estimate of drug-likeness (QED) is 0.784. The number of nitrogens with zero attached hydrogens (tertiary/aromatic N) is 3. The normalized spacial score (nSPS) is 15.9. The number of benzene rings is 1. The maximum Gasteiger partial charge on any atom is 0.246 e. The van der Waals surface area contributed by atoms with Crippen molar-refractivity contribution >= 4 is 5.91 Å². The highest BCUT2D eigenvalue weighted by molar-refractivity contribution is 5.79. The largest absolute Gasteiger partial charge is 0.492 e. The lowest BCUT2D eigenvalue weighted by Crippen LogP contribution is -2.37. The molecule has 1 aliphatic heterocycles. The molecule has 4 rings (SSSR count). The lowest BCUT2D eigenvalue weighted by atomic mass is 9.96. The zero-order chi connectivity index (χ0) is 17.1. The maximum absolute atomic E-state index is 12.4. The fraction of sp³-hybridized carbons (Fsp3) is 0.222. The standard InChI is InChI=1S/C18H16N4O3/c23-18(13-9-12-5-1-2-7-15(12)24-11-13)20-10-16-21-17(22-25-16)14-6-3-4-8-19-14/h1-8,13H,9-11H2,(H,20,23). The van der Waals surface area contributed by atoms with Gasteiger partial charge in [-0.05, 0) is 30.2 Å². The molecule has 2 aromatic heterocycles. The number of carbonyl (C=O) groups is 1. The Labute approximate surface area is 144 Å². The smallest absolute Gasteiger partial charge is 0.246 e. The molecule has 1 amide bonds. The average Bonchev–Trinajstić information content (AvgIpc) is 3.15. The highest BCUT2D eigenvalue weighted by atomic mass is 16.5. The summed E-state index contributed by atoms with van der Waals surface area (Å²) in [4.78, 5) is 20.8. The molecule has 1 unspecified atom stereocenters. The predicted octanol–water partition coefficient (Wildman–Crippen LogP) is 2.00. The van der Waals surface area contributed by atoms with Gasteiger partial charge < -0.3 is 14.6 Å². The lowest BCUT2D eigenvalue weighted by molar-refractivity contribution is -0.126. The van der Waals surface area contributed by atoms with E-state index in [-0.39, 0.29) is 18.4 Å². The van der Waals surface area contributed by atoms with E-state index in [4.69, 9.17) is 9.26 Å². The van der Waals surface area contributed by atoms with Gasteiger partial charge in [0, 0.05) is 6.20 Å². The minimum atomic E-state index is -0.229. The average molecular weight is 336 g/mol. The second-order valence-corrected chi connectivity index (χ2v) is 5.76. The molecule has 3 aromatic rings. The number of hydrogen-bond donors (Lipinski definition) is 1. The van der Waals surface area contributed by atoms with E-state index < -0.39 is 0 Å². The van der Waals surface area contributed by atoms with Crippen LogP contribution in [0, 0.1) is 5.92 Å². The summed E-state index contributed by atoms with van der Waals surface area (Å²) in [5.74, 6) is 1.27. The van der Waals surface area contributed by atoms with E-state index in [0.29, 0.717) is 30.4 Å². The van der Waals surface area contributed by atoms with Crippen molar-refractivity contribution in [1.29, 1.82) is 0 Å². The summed E-state index contributed by atoms with van der Waals surface area (Å²) < 4.78 is 10.8. The summed E-state index contributed by atoms with van der Waals surface area (Å²) in [7, 11) is 0. The van der Waals surface area contributed by atoms with E-state index in [2.05, 4.69) is 20.4 Å². The first-order chi connectivity index (χ1) is 12.3. The van der Waals surface area contributed by atoms with Crippen molar-refractivity contribution in [2.24, 2.45) is 5.92 Å². The first-order valence-electron chi connectivity index (χ1n) is 8.02. The summed E-state index contributed by atoms with van der Waals surface area (Å²) in [5.41, 5.74) is 1.67. The number of carbonyl (C=O) groups excluding carboxylic acids is 1. The molecule has 0 spiro atoms. The molecule has 1 atom stereocenters. The Bertz CT molecular complexity index is 879. The van der Waals surface area contributed by atoms with E-state index >= 15 is 0 Å².